The first-order chi connectivity index (χ1) is 10.9. The summed E-state index contributed by atoms with van der Waals surface area (Å²) in [6.07, 6.45) is 8.57. The Balaban J connectivity index is 1.72. The van der Waals surface area contributed by atoms with Crippen LogP contribution >= 0.6 is 0 Å². The van der Waals surface area contributed by atoms with E-state index in [4.69, 9.17) is 0 Å². The second kappa shape index (κ2) is 4.50. The van der Waals surface area contributed by atoms with Crippen LogP contribution in [-0.4, -0.2) is 34.6 Å². The van der Waals surface area contributed by atoms with Crippen molar-refractivity contribution in [3.8, 4) is 0 Å². The predicted octanol–water partition coefficient (Wildman–Crippen LogP) is 0.609. The fourth-order valence-electron chi connectivity index (χ4n) is 3.65. The Morgan fingerprint density at radius 1 is 1.04 bits per heavy atom. The third kappa shape index (κ3) is 1.94. The van der Waals surface area contributed by atoms with Gasteiger partial charge in [-0.3, -0.25) is 29.4 Å². The van der Waals surface area contributed by atoms with Gasteiger partial charge >= 0.3 is 0 Å². The zero-order chi connectivity index (χ0) is 16.4. The van der Waals surface area contributed by atoms with Gasteiger partial charge < -0.3 is 0 Å². The van der Waals surface area contributed by atoms with Gasteiger partial charge in [-0.05, 0) is 18.8 Å². The topological polar surface area (TPSA) is 83.6 Å². The van der Waals surface area contributed by atoms with Crippen molar-refractivity contribution in [1.82, 2.24) is 10.2 Å². The molecule has 1 saturated heterocycles. The van der Waals surface area contributed by atoms with E-state index in [1.807, 2.05) is 19.1 Å². The molecular formula is C17H16N2O4. The van der Waals surface area contributed by atoms with Gasteiger partial charge in [-0.1, -0.05) is 31.2 Å². The highest BCUT2D eigenvalue weighted by Crippen LogP contribution is 2.55. The molecule has 4 amide bonds. The second-order valence-electron chi connectivity index (χ2n) is 6.74. The summed E-state index contributed by atoms with van der Waals surface area (Å²) in [7, 11) is 0. The predicted molar refractivity (Wildman–Crippen MR) is 79.5 cm³/mol. The number of amides is 4. The van der Waals surface area contributed by atoms with Gasteiger partial charge in [-0.15, -0.1) is 0 Å². The fraction of sp³-hybridized carbons (Fsp3) is 0.412. The molecule has 4 rings (SSSR count). The lowest BCUT2D eigenvalue weighted by molar-refractivity contribution is -0.153. The van der Waals surface area contributed by atoms with Gasteiger partial charge in [0.2, 0.25) is 11.8 Å². The van der Waals surface area contributed by atoms with E-state index in [2.05, 4.69) is 5.32 Å². The SMILES string of the molecule is CC1C=CC2=C(C=C1)C(=O)N(C1C(=O)NC(=O)CC13CC3)C2=O. The number of nitrogens with one attached hydrogen (secondary N) is 1. The van der Waals surface area contributed by atoms with Crippen LogP contribution in [0.15, 0.2) is 35.5 Å². The zero-order valence-corrected chi connectivity index (χ0v) is 12.7. The molecule has 118 valence electrons. The van der Waals surface area contributed by atoms with Gasteiger partial charge in [0.25, 0.3) is 11.8 Å². The summed E-state index contributed by atoms with van der Waals surface area (Å²) in [6, 6.07) is -0.883. The van der Waals surface area contributed by atoms with Gasteiger partial charge in [-0.25, -0.2) is 0 Å². The van der Waals surface area contributed by atoms with Gasteiger partial charge in [0, 0.05) is 11.8 Å². The summed E-state index contributed by atoms with van der Waals surface area (Å²) in [5, 5.41) is 2.27. The number of rotatable bonds is 1. The molecule has 6 nitrogen and oxygen atoms in total. The summed E-state index contributed by atoms with van der Waals surface area (Å²) >= 11 is 0. The largest absolute Gasteiger partial charge is 0.295 e. The molecule has 1 N–H and O–H groups in total. The molecule has 23 heavy (non-hydrogen) atoms. The van der Waals surface area contributed by atoms with Gasteiger partial charge in [0.05, 0.1) is 11.1 Å². The molecule has 2 aliphatic carbocycles. The molecule has 2 fully saturated rings. The third-order valence-electron chi connectivity index (χ3n) is 5.08. The van der Waals surface area contributed by atoms with Crippen molar-refractivity contribution in [2.75, 3.05) is 0 Å². The van der Waals surface area contributed by atoms with Crippen LogP contribution < -0.4 is 5.32 Å². The van der Waals surface area contributed by atoms with Crippen LogP contribution in [0.25, 0.3) is 0 Å². The average molecular weight is 312 g/mol. The number of nitrogens with zero attached hydrogens (tertiary/aromatic N) is 1. The van der Waals surface area contributed by atoms with Crippen molar-refractivity contribution in [3.05, 3.63) is 35.5 Å². The standard InChI is InChI=1S/C17H16N2O4/c1-9-2-4-10-11(5-3-9)16(23)19(15(10)22)13-14(21)18-12(20)8-17(13)6-7-17/h2-5,9,13H,6-8H2,1H3,(H,18,20,21). The molecule has 0 aromatic heterocycles. The summed E-state index contributed by atoms with van der Waals surface area (Å²) < 4.78 is 0. The lowest BCUT2D eigenvalue weighted by Crippen LogP contribution is -2.60. The van der Waals surface area contributed by atoms with E-state index in [-0.39, 0.29) is 18.2 Å². The van der Waals surface area contributed by atoms with E-state index in [1.165, 1.54) is 0 Å². The Labute approximate surface area is 132 Å². The van der Waals surface area contributed by atoms with E-state index in [9.17, 15) is 19.2 Å². The first kappa shape index (κ1) is 14.1. The molecule has 0 bridgehead atoms. The summed E-state index contributed by atoms with van der Waals surface area (Å²) in [4.78, 5) is 50.5. The van der Waals surface area contributed by atoms with Crippen molar-refractivity contribution < 1.29 is 19.2 Å². The summed E-state index contributed by atoms with van der Waals surface area (Å²) in [5.74, 6) is -1.62. The third-order valence-corrected chi connectivity index (χ3v) is 5.08. The Morgan fingerprint density at radius 3 is 2.13 bits per heavy atom. The van der Waals surface area contributed by atoms with Gasteiger partial charge in [-0.2, -0.15) is 0 Å². The molecule has 0 aromatic rings. The monoisotopic (exact) mass is 312 g/mol. The minimum atomic E-state index is -0.883. The van der Waals surface area contributed by atoms with Crippen molar-refractivity contribution in [2.45, 2.75) is 32.2 Å². The van der Waals surface area contributed by atoms with E-state index < -0.39 is 29.2 Å². The second-order valence-corrected chi connectivity index (χ2v) is 6.74. The Morgan fingerprint density at radius 2 is 1.61 bits per heavy atom. The molecule has 1 saturated carbocycles. The van der Waals surface area contributed by atoms with Crippen molar-refractivity contribution in [3.63, 3.8) is 0 Å². The Hall–Kier alpha value is -2.50. The minimum Gasteiger partial charge on any atom is -0.295 e. The van der Waals surface area contributed by atoms with E-state index in [1.54, 1.807) is 12.2 Å². The highest BCUT2D eigenvalue weighted by molar-refractivity contribution is 6.24. The lowest BCUT2D eigenvalue weighted by atomic mass is 9.87. The Bertz CT molecular complexity index is 719. The Kier molecular flexibility index (Phi) is 2.76. The maximum atomic E-state index is 12.7. The number of carbonyl (C=O) groups is 4. The van der Waals surface area contributed by atoms with Crippen LogP contribution in [0.2, 0.25) is 0 Å². The van der Waals surface area contributed by atoms with Gasteiger partial charge in [0.15, 0.2) is 0 Å². The molecule has 0 aromatic carbocycles. The van der Waals surface area contributed by atoms with Crippen LogP contribution in [0.3, 0.4) is 0 Å². The smallest absolute Gasteiger partial charge is 0.262 e. The van der Waals surface area contributed by atoms with Crippen LogP contribution in [0.4, 0.5) is 0 Å². The minimum absolute atomic E-state index is 0.139. The van der Waals surface area contributed by atoms with Gasteiger partial charge in [0.1, 0.15) is 6.04 Å². The summed E-state index contributed by atoms with van der Waals surface area (Å²) in [6.45, 7) is 1.96. The number of hydrogen-bond donors (Lipinski definition) is 1. The van der Waals surface area contributed by atoms with E-state index in [0.29, 0.717) is 24.0 Å². The molecule has 2 heterocycles. The number of carbonyl (C=O) groups excluding carboxylic acids is 4. The first-order valence-corrected chi connectivity index (χ1v) is 7.75. The van der Waals surface area contributed by atoms with E-state index >= 15 is 0 Å². The summed E-state index contributed by atoms with van der Waals surface area (Å²) in [5.41, 5.74) is 0.100. The van der Waals surface area contributed by atoms with Crippen LogP contribution in [0.1, 0.15) is 26.2 Å². The van der Waals surface area contributed by atoms with Crippen LogP contribution in [0.5, 0.6) is 0 Å². The highest BCUT2D eigenvalue weighted by Gasteiger charge is 2.62. The molecule has 2 aliphatic heterocycles. The average Bonchev–Trinajstić information content (AvgIpc) is 3.22. The number of imide groups is 2. The van der Waals surface area contributed by atoms with Crippen molar-refractivity contribution >= 4 is 23.6 Å². The first-order valence-electron chi connectivity index (χ1n) is 7.75. The van der Waals surface area contributed by atoms with Crippen molar-refractivity contribution in [2.24, 2.45) is 11.3 Å². The van der Waals surface area contributed by atoms with Crippen LogP contribution in [-0.2, 0) is 19.2 Å². The molecule has 1 spiro atoms. The number of hydrogen-bond acceptors (Lipinski definition) is 4. The number of allylic oxidation sites excluding steroid dienone is 2. The molecule has 1 unspecified atom stereocenters. The quantitative estimate of drug-likeness (QED) is 0.719. The maximum absolute atomic E-state index is 12.7. The maximum Gasteiger partial charge on any atom is 0.262 e. The highest BCUT2D eigenvalue weighted by atomic mass is 16.2. The molecular weight excluding hydrogens is 296 g/mol. The lowest BCUT2D eigenvalue weighted by Gasteiger charge is -2.35. The molecule has 4 aliphatic rings. The van der Waals surface area contributed by atoms with E-state index in [0.717, 1.165) is 4.90 Å². The fourth-order valence-corrected chi connectivity index (χ4v) is 3.65. The molecule has 6 heteroatoms. The zero-order valence-electron chi connectivity index (χ0n) is 12.7. The normalized spacial score (nSPS) is 29.3. The number of piperidine rings is 1. The molecule has 1 atom stereocenters. The van der Waals surface area contributed by atoms with Crippen molar-refractivity contribution in [1.29, 1.82) is 0 Å². The molecule has 0 radical (unpaired) electrons. The van der Waals surface area contributed by atoms with Crippen LogP contribution in [0, 0.1) is 11.3 Å².